The molecule has 8 nitrogen and oxygen atoms in total. The fourth-order valence-electron chi connectivity index (χ4n) is 3.50. The van der Waals surface area contributed by atoms with E-state index in [-0.39, 0.29) is 17.7 Å². The van der Waals surface area contributed by atoms with Gasteiger partial charge < -0.3 is 4.42 Å². The maximum Gasteiger partial charge on any atom is 0.290 e. The van der Waals surface area contributed by atoms with Crippen LogP contribution in [0.15, 0.2) is 57.9 Å². The Hall–Kier alpha value is -3.94. The van der Waals surface area contributed by atoms with E-state index in [1.807, 2.05) is 18.2 Å². The Labute approximate surface area is 177 Å². The molecule has 0 saturated carbocycles. The summed E-state index contributed by atoms with van der Waals surface area (Å²) in [5.74, 6) is -1.000. The zero-order chi connectivity index (χ0) is 22.0. The SMILES string of the molecule is CCc1ccc2c(CC(=O)NNC(=O)c3nn(CC)c(=O)c4ccccc34)coc2c1. The number of nitrogens with zero attached hydrogens (tertiary/aromatic N) is 2. The average molecular weight is 418 g/mol. The van der Waals surface area contributed by atoms with Gasteiger partial charge in [0.05, 0.1) is 18.1 Å². The number of aromatic nitrogens is 2. The molecule has 0 radical (unpaired) electrons. The van der Waals surface area contributed by atoms with E-state index >= 15 is 0 Å². The van der Waals surface area contributed by atoms with Crippen molar-refractivity contribution in [2.75, 3.05) is 0 Å². The summed E-state index contributed by atoms with van der Waals surface area (Å²) in [6.45, 7) is 4.15. The Morgan fingerprint density at radius 1 is 1.03 bits per heavy atom. The lowest BCUT2D eigenvalue weighted by Gasteiger charge is -2.10. The second-order valence-electron chi connectivity index (χ2n) is 7.14. The number of hydrogen-bond acceptors (Lipinski definition) is 5. The monoisotopic (exact) mass is 418 g/mol. The molecule has 0 aliphatic rings. The first-order valence-electron chi connectivity index (χ1n) is 10.1. The molecule has 4 rings (SSSR count). The van der Waals surface area contributed by atoms with E-state index < -0.39 is 11.8 Å². The first kappa shape index (κ1) is 20.3. The minimum absolute atomic E-state index is 0.0430. The predicted octanol–water partition coefficient (Wildman–Crippen LogP) is 2.73. The number of carbonyl (C=O) groups is 2. The minimum Gasteiger partial charge on any atom is -0.464 e. The third kappa shape index (κ3) is 3.92. The summed E-state index contributed by atoms with van der Waals surface area (Å²) < 4.78 is 6.79. The maximum atomic E-state index is 12.7. The van der Waals surface area contributed by atoms with Crippen LogP contribution in [0.4, 0.5) is 0 Å². The van der Waals surface area contributed by atoms with Crippen LogP contribution in [-0.2, 0) is 24.2 Å². The molecule has 2 N–H and O–H groups in total. The first-order chi connectivity index (χ1) is 15.0. The highest BCUT2D eigenvalue weighted by Crippen LogP contribution is 2.23. The molecular formula is C23H22N4O4. The van der Waals surface area contributed by atoms with Crippen molar-refractivity contribution in [3.63, 3.8) is 0 Å². The summed E-state index contributed by atoms with van der Waals surface area (Å²) in [5, 5.41) is 5.84. The molecule has 2 heterocycles. The van der Waals surface area contributed by atoms with Gasteiger partial charge in [-0.25, -0.2) is 4.68 Å². The fraction of sp³-hybridized carbons (Fsp3) is 0.217. The van der Waals surface area contributed by atoms with E-state index in [1.165, 1.54) is 4.68 Å². The second kappa shape index (κ2) is 8.43. The van der Waals surface area contributed by atoms with Crippen LogP contribution in [0.3, 0.4) is 0 Å². The highest BCUT2D eigenvalue weighted by atomic mass is 16.3. The molecule has 2 aromatic carbocycles. The number of aryl methyl sites for hydroxylation is 2. The van der Waals surface area contributed by atoms with Crippen molar-refractivity contribution in [3.05, 3.63) is 75.9 Å². The molecular weight excluding hydrogens is 396 g/mol. The van der Waals surface area contributed by atoms with Crippen molar-refractivity contribution >= 4 is 33.6 Å². The number of furan rings is 1. The lowest BCUT2D eigenvalue weighted by Crippen LogP contribution is -2.43. The smallest absolute Gasteiger partial charge is 0.290 e. The van der Waals surface area contributed by atoms with Crippen molar-refractivity contribution in [3.8, 4) is 0 Å². The molecule has 31 heavy (non-hydrogen) atoms. The number of carbonyl (C=O) groups excluding carboxylic acids is 2. The van der Waals surface area contributed by atoms with Gasteiger partial charge in [-0.1, -0.05) is 37.3 Å². The number of amides is 2. The Kier molecular flexibility index (Phi) is 5.53. The van der Waals surface area contributed by atoms with Gasteiger partial charge in [0.1, 0.15) is 5.58 Å². The van der Waals surface area contributed by atoms with Crippen LogP contribution in [0.5, 0.6) is 0 Å². The van der Waals surface area contributed by atoms with Gasteiger partial charge in [0.15, 0.2) is 5.69 Å². The van der Waals surface area contributed by atoms with Crippen LogP contribution in [0.2, 0.25) is 0 Å². The highest BCUT2D eigenvalue weighted by molar-refractivity contribution is 6.05. The minimum atomic E-state index is -0.601. The van der Waals surface area contributed by atoms with Gasteiger partial charge in [-0.05, 0) is 31.0 Å². The van der Waals surface area contributed by atoms with Crippen LogP contribution in [-0.4, -0.2) is 21.6 Å². The van der Waals surface area contributed by atoms with Crippen LogP contribution in [0.25, 0.3) is 21.7 Å². The Balaban J connectivity index is 1.50. The molecule has 0 bridgehead atoms. The molecule has 8 heteroatoms. The quantitative estimate of drug-likeness (QED) is 0.485. The van der Waals surface area contributed by atoms with Gasteiger partial charge in [0, 0.05) is 22.9 Å². The maximum absolute atomic E-state index is 12.7. The summed E-state index contributed by atoms with van der Waals surface area (Å²) in [4.78, 5) is 37.5. The third-order valence-corrected chi connectivity index (χ3v) is 5.18. The molecule has 0 aliphatic heterocycles. The van der Waals surface area contributed by atoms with Crippen LogP contribution in [0, 0.1) is 0 Å². The Morgan fingerprint density at radius 2 is 1.81 bits per heavy atom. The molecule has 0 atom stereocenters. The van der Waals surface area contributed by atoms with Gasteiger partial charge in [0.2, 0.25) is 5.91 Å². The summed E-state index contributed by atoms with van der Waals surface area (Å²) in [5.41, 5.74) is 7.22. The summed E-state index contributed by atoms with van der Waals surface area (Å²) >= 11 is 0. The van der Waals surface area contributed by atoms with E-state index in [2.05, 4.69) is 22.9 Å². The molecule has 158 valence electrons. The van der Waals surface area contributed by atoms with E-state index in [1.54, 1.807) is 37.5 Å². The van der Waals surface area contributed by atoms with E-state index in [9.17, 15) is 14.4 Å². The number of fused-ring (bicyclic) bond motifs is 2. The molecule has 0 unspecified atom stereocenters. The number of nitrogens with one attached hydrogen (secondary N) is 2. The largest absolute Gasteiger partial charge is 0.464 e. The molecule has 0 aliphatic carbocycles. The molecule has 0 fully saturated rings. The number of rotatable bonds is 5. The molecule has 4 aromatic rings. The standard InChI is InChI=1S/C23H22N4O4/c1-3-14-9-10-16-15(13-31-19(16)11-14)12-20(28)24-25-22(29)21-17-7-5-6-8-18(17)23(30)27(4-2)26-21/h5-11,13H,3-4,12H2,1-2H3,(H,24,28)(H,25,29). The summed E-state index contributed by atoms with van der Waals surface area (Å²) in [7, 11) is 0. The van der Waals surface area contributed by atoms with Crippen LogP contribution in [0.1, 0.15) is 35.5 Å². The van der Waals surface area contributed by atoms with E-state index in [4.69, 9.17) is 4.42 Å². The highest BCUT2D eigenvalue weighted by Gasteiger charge is 2.17. The van der Waals surface area contributed by atoms with Crippen molar-refractivity contribution in [1.82, 2.24) is 20.6 Å². The van der Waals surface area contributed by atoms with Crippen molar-refractivity contribution < 1.29 is 14.0 Å². The number of hydrazine groups is 1. The lowest BCUT2D eigenvalue weighted by molar-refractivity contribution is -0.121. The number of hydrogen-bond donors (Lipinski definition) is 2. The van der Waals surface area contributed by atoms with Crippen molar-refractivity contribution in [2.45, 2.75) is 33.2 Å². The number of benzene rings is 2. The van der Waals surface area contributed by atoms with Crippen molar-refractivity contribution in [2.24, 2.45) is 0 Å². The van der Waals surface area contributed by atoms with Gasteiger partial charge >= 0.3 is 0 Å². The van der Waals surface area contributed by atoms with Crippen molar-refractivity contribution in [1.29, 1.82) is 0 Å². The second-order valence-corrected chi connectivity index (χ2v) is 7.14. The topological polar surface area (TPSA) is 106 Å². The van der Waals surface area contributed by atoms with Crippen LogP contribution >= 0.6 is 0 Å². The van der Waals surface area contributed by atoms with E-state index in [0.717, 1.165) is 28.5 Å². The summed E-state index contributed by atoms with van der Waals surface area (Å²) in [6, 6.07) is 12.6. The average Bonchev–Trinajstić information content (AvgIpc) is 3.19. The fourth-order valence-corrected chi connectivity index (χ4v) is 3.50. The van der Waals surface area contributed by atoms with Gasteiger partial charge in [-0.2, -0.15) is 5.10 Å². The summed E-state index contributed by atoms with van der Waals surface area (Å²) in [6.07, 6.45) is 2.49. The van der Waals surface area contributed by atoms with E-state index in [0.29, 0.717) is 17.3 Å². The normalized spacial score (nSPS) is 11.0. The third-order valence-electron chi connectivity index (χ3n) is 5.18. The van der Waals surface area contributed by atoms with Gasteiger partial charge in [-0.15, -0.1) is 0 Å². The zero-order valence-corrected chi connectivity index (χ0v) is 17.3. The molecule has 0 saturated heterocycles. The molecule has 2 amide bonds. The lowest BCUT2D eigenvalue weighted by atomic mass is 10.1. The van der Waals surface area contributed by atoms with Crippen LogP contribution < -0.4 is 16.4 Å². The molecule has 2 aromatic heterocycles. The zero-order valence-electron chi connectivity index (χ0n) is 17.3. The Morgan fingerprint density at radius 3 is 2.55 bits per heavy atom. The van der Waals surface area contributed by atoms with Gasteiger partial charge in [0.25, 0.3) is 11.5 Å². The van der Waals surface area contributed by atoms with Gasteiger partial charge in [-0.3, -0.25) is 25.2 Å². The molecule has 0 spiro atoms. The first-order valence-corrected chi connectivity index (χ1v) is 10.1. The Bertz CT molecular complexity index is 1350. The predicted molar refractivity (Wildman–Crippen MR) is 117 cm³/mol.